The van der Waals surface area contributed by atoms with Crippen LogP contribution >= 0.6 is 11.6 Å². The van der Waals surface area contributed by atoms with Crippen molar-refractivity contribution in [2.24, 2.45) is 0 Å². The Hall–Kier alpha value is -2.73. The molecule has 0 bridgehead atoms. The Balaban J connectivity index is 1.43. The molecule has 0 saturated carbocycles. The number of para-hydroxylation sites is 1. The minimum Gasteiger partial charge on any atom is -0.494 e. The van der Waals surface area contributed by atoms with Gasteiger partial charge in [0.05, 0.1) is 18.2 Å². The Kier molecular flexibility index (Phi) is 8.59. The monoisotopic (exact) mass is 444 g/mol. The Morgan fingerprint density at radius 1 is 0.935 bits per heavy atom. The average Bonchev–Trinajstić information content (AvgIpc) is 3.04. The van der Waals surface area contributed by atoms with E-state index in [1.165, 1.54) is 0 Å². The molecular formula is C24H29ClN2O4. The standard InChI is InChI=1S/C24H29ClN2O4/c1-2-30-20-12-10-19(11-13-20)24(29)27-15-6-14-26(16-17-27)23(28)9-5-18-31-22-8-4-3-7-21(22)25/h3-4,7-8,10-13H,2,5-6,9,14-18H2,1H3. The highest BCUT2D eigenvalue weighted by molar-refractivity contribution is 6.32. The lowest BCUT2D eigenvalue weighted by atomic mass is 10.2. The number of carbonyl (C=O) groups excluding carboxylic acids is 2. The van der Waals surface area contributed by atoms with E-state index in [-0.39, 0.29) is 11.8 Å². The lowest BCUT2D eigenvalue weighted by Crippen LogP contribution is -2.37. The highest BCUT2D eigenvalue weighted by Crippen LogP contribution is 2.23. The molecule has 166 valence electrons. The maximum atomic E-state index is 12.8. The van der Waals surface area contributed by atoms with Crippen molar-refractivity contribution in [3.8, 4) is 11.5 Å². The van der Waals surface area contributed by atoms with Gasteiger partial charge in [-0.25, -0.2) is 0 Å². The van der Waals surface area contributed by atoms with Crippen LogP contribution in [0.1, 0.15) is 36.5 Å². The summed E-state index contributed by atoms with van der Waals surface area (Å²) >= 11 is 6.07. The van der Waals surface area contributed by atoms with Crippen LogP contribution in [0.2, 0.25) is 5.02 Å². The smallest absolute Gasteiger partial charge is 0.253 e. The first kappa shape index (κ1) is 22.9. The van der Waals surface area contributed by atoms with Gasteiger partial charge in [-0.15, -0.1) is 0 Å². The van der Waals surface area contributed by atoms with Crippen molar-refractivity contribution in [3.63, 3.8) is 0 Å². The molecule has 7 heteroatoms. The van der Waals surface area contributed by atoms with E-state index in [2.05, 4.69) is 0 Å². The van der Waals surface area contributed by atoms with Crippen molar-refractivity contribution in [3.05, 3.63) is 59.1 Å². The maximum absolute atomic E-state index is 12.8. The third-order valence-corrected chi connectivity index (χ3v) is 5.49. The van der Waals surface area contributed by atoms with Gasteiger partial charge in [0, 0.05) is 38.2 Å². The normalized spacial score (nSPS) is 14.1. The number of rotatable bonds is 8. The summed E-state index contributed by atoms with van der Waals surface area (Å²) < 4.78 is 11.1. The van der Waals surface area contributed by atoms with Crippen molar-refractivity contribution in [2.75, 3.05) is 39.4 Å². The van der Waals surface area contributed by atoms with Crippen LogP contribution < -0.4 is 9.47 Å². The van der Waals surface area contributed by atoms with E-state index in [1.54, 1.807) is 18.2 Å². The Labute approximate surface area is 188 Å². The van der Waals surface area contributed by atoms with Crippen molar-refractivity contribution < 1.29 is 19.1 Å². The Bertz CT molecular complexity index is 872. The molecule has 1 saturated heterocycles. The molecule has 3 rings (SSSR count). The van der Waals surface area contributed by atoms with Crippen molar-refractivity contribution in [2.45, 2.75) is 26.2 Å². The summed E-state index contributed by atoms with van der Waals surface area (Å²) in [4.78, 5) is 29.1. The molecule has 0 radical (unpaired) electrons. The second kappa shape index (κ2) is 11.6. The molecule has 2 amide bonds. The SMILES string of the molecule is CCOc1ccc(C(=O)N2CCCN(C(=O)CCCOc3ccccc3Cl)CC2)cc1. The predicted octanol–water partition coefficient (Wildman–Crippen LogP) is 4.27. The van der Waals surface area contributed by atoms with Crippen LogP contribution in [0.5, 0.6) is 11.5 Å². The van der Waals surface area contributed by atoms with Crippen LogP contribution in [-0.2, 0) is 4.79 Å². The summed E-state index contributed by atoms with van der Waals surface area (Å²) in [7, 11) is 0. The van der Waals surface area contributed by atoms with Gasteiger partial charge >= 0.3 is 0 Å². The van der Waals surface area contributed by atoms with Crippen LogP contribution in [-0.4, -0.2) is 61.0 Å². The fourth-order valence-corrected chi connectivity index (χ4v) is 3.73. The van der Waals surface area contributed by atoms with E-state index in [9.17, 15) is 9.59 Å². The fraction of sp³-hybridized carbons (Fsp3) is 0.417. The molecule has 0 aromatic heterocycles. The molecule has 2 aromatic carbocycles. The summed E-state index contributed by atoms with van der Waals surface area (Å²) in [6.45, 7) is 5.35. The van der Waals surface area contributed by atoms with Crippen LogP contribution in [0.3, 0.4) is 0 Å². The Morgan fingerprint density at radius 3 is 2.39 bits per heavy atom. The quantitative estimate of drug-likeness (QED) is 0.570. The van der Waals surface area contributed by atoms with Gasteiger partial charge in [-0.2, -0.15) is 0 Å². The van der Waals surface area contributed by atoms with Crippen LogP contribution in [0, 0.1) is 0 Å². The van der Waals surface area contributed by atoms with Crippen molar-refractivity contribution >= 4 is 23.4 Å². The molecule has 1 heterocycles. The summed E-state index contributed by atoms with van der Waals surface area (Å²) in [5.74, 6) is 1.48. The minimum atomic E-state index is -0.00881. The first-order valence-corrected chi connectivity index (χ1v) is 11.1. The zero-order valence-corrected chi connectivity index (χ0v) is 18.6. The molecule has 0 atom stereocenters. The van der Waals surface area contributed by atoms with E-state index in [0.717, 1.165) is 12.2 Å². The molecule has 0 spiro atoms. The number of benzene rings is 2. The van der Waals surface area contributed by atoms with Crippen LogP contribution in [0.4, 0.5) is 0 Å². The van der Waals surface area contributed by atoms with Gasteiger partial charge in [0.1, 0.15) is 11.5 Å². The number of halogens is 1. The molecule has 0 N–H and O–H groups in total. The third kappa shape index (κ3) is 6.62. The first-order valence-electron chi connectivity index (χ1n) is 10.8. The van der Waals surface area contributed by atoms with E-state index < -0.39 is 0 Å². The second-order valence-electron chi connectivity index (χ2n) is 7.37. The van der Waals surface area contributed by atoms with Gasteiger partial charge in [-0.1, -0.05) is 23.7 Å². The summed E-state index contributed by atoms with van der Waals surface area (Å²) in [5.41, 5.74) is 0.639. The molecule has 6 nitrogen and oxygen atoms in total. The molecule has 31 heavy (non-hydrogen) atoms. The van der Waals surface area contributed by atoms with E-state index in [4.69, 9.17) is 21.1 Å². The number of hydrogen-bond acceptors (Lipinski definition) is 4. The zero-order chi connectivity index (χ0) is 22.1. The number of nitrogens with zero attached hydrogens (tertiary/aromatic N) is 2. The van der Waals surface area contributed by atoms with Crippen LogP contribution in [0.25, 0.3) is 0 Å². The predicted molar refractivity (Wildman–Crippen MR) is 121 cm³/mol. The van der Waals surface area contributed by atoms with Gasteiger partial charge < -0.3 is 19.3 Å². The van der Waals surface area contributed by atoms with Gasteiger partial charge in [0.2, 0.25) is 5.91 Å². The fourth-order valence-electron chi connectivity index (χ4n) is 3.54. The largest absolute Gasteiger partial charge is 0.494 e. The number of hydrogen-bond donors (Lipinski definition) is 0. The second-order valence-corrected chi connectivity index (χ2v) is 7.77. The number of ether oxygens (including phenoxy) is 2. The highest BCUT2D eigenvalue weighted by Gasteiger charge is 2.22. The lowest BCUT2D eigenvalue weighted by Gasteiger charge is -2.22. The zero-order valence-electron chi connectivity index (χ0n) is 17.9. The van der Waals surface area contributed by atoms with E-state index in [1.807, 2.05) is 47.1 Å². The lowest BCUT2D eigenvalue weighted by molar-refractivity contribution is -0.131. The molecule has 1 aliphatic rings. The van der Waals surface area contributed by atoms with Gasteiger partial charge in [-0.3, -0.25) is 9.59 Å². The average molecular weight is 445 g/mol. The molecule has 0 aliphatic carbocycles. The van der Waals surface area contributed by atoms with E-state index in [0.29, 0.717) is 68.6 Å². The van der Waals surface area contributed by atoms with Crippen LogP contribution in [0.15, 0.2) is 48.5 Å². The summed E-state index contributed by atoms with van der Waals surface area (Å²) in [6, 6.07) is 14.5. The van der Waals surface area contributed by atoms with Crippen molar-refractivity contribution in [1.82, 2.24) is 9.80 Å². The molecule has 2 aromatic rings. The van der Waals surface area contributed by atoms with Gasteiger partial charge in [-0.05, 0) is 56.2 Å². The number of carbonyl (C=O) groups is 2. The minimum absolute atomic E-state index is 0.00881. The molecular weight excluding hydrogens is 416 g/mol. The maximum Gasteiger partial charge on any atom is 0.253 e. The Morgan fingerprint density at radius 2 is 1.65 bits per heavy atom. The third-order valence-electron chi connectivity index (χ3n) is 5.18. The topological polar surface area (TPSA) is 59.1 Å². The van der Waals surface area contributed by atoms with Gasteiger partial charge in [0.25, 0.3) is 5.91 Å². The van der Waals surface area contributed by atoms with E-state index >= 15 is 0 Å². The summed E-state index contributed by atoms with van der Waals surface area (Å²) in [5, 5.41) is 0.568. The first-order chi connectivity index (χ1) is 15.1. The molecule has 1 fully saturated rings. The summed E-state index contributed by atoms with van der Waals surface area (Å²) in [6.07, 6.45) is 1.80. The van der Waals surface area contributed by atoms with Gasteiger partial charge in [0.15, 0.2) is 0 Å². The van der Waals surface area contributed by atoms with Crippen molar-refractivity contribution in [1.29, 1.82) is 0 Å². The highest BCUT2D eigenvalue weighted by atomic mass is 35.5. The molecule has 1 aliphatic heterocycles. The number of amides is 2. The molecule has 0 unspecified atom stereocenters.